The Morgan fingerprint density at radius 3 is 2.90 bits per heavy atom. The summed E-state index contributed by atoms with van der Waals surface area (Å²) < 4.78 is 0. The zero-order valence-electron chi connectivity index (χ0n) is 11.6. The molecule has 108 valence electrons. The number of rotatable bonds is 5. The molecule has 6 heteroatoms. The Morgan fingerprint density at radius 1 is 1.50 bits per heavy atom. The Morgan fingerprint density at radius 2 is 2.25 bits per heavy atom. The molecule has 0 spiro atoms. The molecule has 0 saturated carbocycles. The van der Waals surface area contributed by atoms with Crippen LogP contribution in [0.25, 0.3) is 0 Å². The average Bonchev–Trinajstić information content (AvgIpc) is 2.92. The molecular weight excluding hydrogens is 276 g/mol. The van der Waals surface area contributed by atoms with Crippen LogP contribution in [0.1, 0.15) is 28.1 Å². The maximum atomic E-state index is 12.2. The normalized spacial score (nSPS) is 9.55. The SMILES string of the molecule is CNC(=O)CCN(C)C(=O)c1sccc1C#CCCO. The number of hydrogen-bond donors (Lipinski definition) is 2. The van der Waals surface area contributed by atoms with E-state index in [9.17, 15) is 9.59 Å². The lowest BCUT2D eigenvalue weighted by Crippen LogP contribution is -2.31. The molecular formula is C14H18N2O3S. The predicted molar refractivity (Wildman–Crippen MR) is 78.5 cm³/mol. The van der Waals surface area contributed by atoms with E-state index in [-0.39, 0.29) is 24.8 Å². The van der Waals surface area contributed by atoms with E-state index in [1.54, 1.807) is 20.2 Å². The highest BCUT2D eigenvalue weighted by molar-refractivity contribution is 7.12. The summed E-state index contributed by atoms with van der Waals surface area (Å²) in [6.45, 7) is 0.367. The van der Waals surface area contributed by atoms with Crippen molar-refractivity contribution in [2.75, 3.05) is 27.2 Å². The molecule has 20 heavy (non-hydrogen) atoms. The Kier molecular flexibility index (Phi) is 6.77. The highest BCUT2D eigenvalue weighted by Gasteiger charge is 2.17. The van der Waals surface area contributed by atoms with Crippen LogP contribution in [0.3, 0.4) is 0 Å². The molecule has 5 nitrogen and oxygen atoms in total. The highest BCUT2D eigenvalue weighted by atomic mass is 32.1. The van der Waals surface area contributed by atoms with Gasteiger partial charge in [-0.1, -0.05) is 11.8 Å². The molecule has 1 heterocycles. The fraction of sp³-hybridized carbons (Fsp3) is 0.429. The van der Waals surface area contributed by atoms with E-state index in [4.69, 9.17) is 5.11 Å². The summed E-state index contributed by atoms with van der Waals surface area (Å²) in [7, 11) is 3.23. The third-order valence-electron chi connectivity index (χ3n) is 2.62. The molecule has 0 saturated heterocycles. The van der Waals surface area contributed by atoms with Crippen molar-refractivity contribution in [3.05, 3.63) is 21.9 Å². The first-order chi connectivity index (χ1) is 9.60. The summed E-state index contributed by atoms with van der Waals surface area (Å²) in [5, 5.41) is 13.0. The van der Waals surface area contributed by atoms with Crippen LogP contribution in [0.4, 0.5) is 0 Å². The van der Waals surface area contributed by atoms with Gasteiger partial charge in [-0.3, -0.25) is 9.59 Å². The number of nitrogens with zero attached hydrogens (tertiary/aromatic N) is 1. The van der Waals surface area contributed by atoms with Gasteiger partial charge in [0.1, 0.15) is 4.88 Å². The van der Waals surface area contributed by atoms with Crippen molar-refractivity contribution in [2.45, 2.75) is 12.8 Å². The molecule has 2 amide bonds. The van der Waals surface area contributed by atoms with Crippen molar-refractivity contribution in [3.8, 4) is 11.8 Å². The van der Waals surface area contributed by atoms with E-state index in [0.717, 1.165) is 0 Å². The topological polar surface area (TPSA) is 69.6 Å². The lowest BCUT2D eigenvalue weighted by atomic mass is 10.2. The van der Waals surface area contributed by atoms with Crippen molar-refractivity contribution in [2.24, 2.45) is 0 Å². The number of aliphatic hydroxyl groups is 1. The summed E-state index contributed by atoms with van der Waals surface area (Å²) in [5.41, 5.74) is 0.667. The van der Waals surface area contributed by atoms with Gasteiger partial charge in [0.25, 0.3) is 5.91 Å². The fourth-order valence-corrected chi connectivity index (χ4v) is 2.30. The van der Waals surface area contributed by atoms with Gasteiger partial charge in [0, 0.05) is 39.0 Å². The number of hydrogen-bond acceptors (Lipinski definition) is 4. The molecule has 0 bridgehead atoms. The summed E-state index contributed by atoms with van der Waals surface area (Å²) in [5.74, 6) is 5.44. The molecule has 0 fully saturated rings. The lowest BCUT2D eigenvalue weighted by molar-refractivity contribution is -0.120. The first-order valence-electron chi connectivity index (χ1n) is 6.23. The number of nitrogens with one attached hydrogen (secondary N) is 1. The second-order valence-electron chi connectivity index (χ2n) is 4.09. The van der Waals surface area contributed by atoms with Crippen LogP contribution in [0.2, 0.25) is 0 Å². The molecule has 0 atom stereocenters. The smallest absolute Gasteiger partial charge is 0.264 e. The summed E-state index contributed by atoms with van der Waals surface area (Å²) in [4.78, 5) is 25.5. The van der Waals surface area contributed by atoms with Crippen molar-refractivity contribution in [3.63, 3.8) is 0 Å². The van der Waals surface area contributed by atoms with Crippen LogP contribution in [0.15, 0.2) is 11.4 Å². The van der Waals surface area contributed by atoms with Crippen LogP contribution in [0.5, 0.6) is 0 Å². The second kappa shape index (κ2) is 8.35. The van der Waals surface area contributed by atoms with E-state index in [2.05, 4.69) is 17.2 Å². The van der Waals surface area contributed by atoms with Crippen molar-refractivity contribution in [1.29, 1.82) is 0 Å². The average molecular weight is 294 g/mol. The van der Waals surface area contributed by atoms with Crippen LogP contribution >= 0.6 is 11.3 Å². The van der Waals surface area contributed by atoms with Gasteiger partial charge < -0.3 is 15.3 Å². The Balaban J connectivity index is 2.70. The number of amides is 2. The zero-order chi connectivity index (χ0) is 15.0. The number of thiophene rings is 1. The predicted octanol–water partition coefficient (Wildman–Crippen LogP) is 0.690. The summed E-state index contributed by atoms with van der Waals surface area (Å²) in [6.07, 6.45) is 0.658. The second-order valence-corrected chi connectivity index (χ2v) is 5.00. The van der Waals surface area contributed by atoms with Gasteiger partial charge in [0.15, 0.2) is 0 Å². The summed E-state index contributed by atoms with van der Waals surface area (Å²) in [6, 6.07) is 1.79. The van der Waals surface area contributed by atoms with Gasteiger partial charge in [-0.25, -0.2) is 0 Å². The molecule has 0 unspecified atom stereocenters. The van der Waals surface area contributed by atoms with Crippen LogP contribution in [-0.4, -0.2) is 49.1 Å². The van der Waals surface area contributed by atoms with Crippen LogP contribution in [0, 0.1) is 11.8 Å². The largest absolute Gasteiger partial charge is 0.395 e. The van der Waals surface area contributed by atoms with Crippen molar-refractivity contribution < 1.29 is 14.7 Å². The summed E-state index contributed by atoms with van der Waals surface area (Å²) >= 11 is 1.33. The Labute approximate surface area is 122 Å². The first kappa shape index (κ1) is 16.2. The molecule has 2 N–H and O–H groups in total. The van der Waals surface area contributed by atoms with E-state index in [1.807, 2.05) is 5.38 Å². The maximum Gasteiger partial charge on any atom is 0.264 e. The van der Waals surface area contributed by atoms with E-state index >= 15 is 0 Å². The molecule has 0 aliphatic carbocycles. The minimum atomic E-state index is -0.141. The quantitative estimate of drug-likeness (QED) is 0.785. The lowest BCUT2D eigenvalue weighted by Gasteiger charge is -2.15. The fourth-order valence-electron chi connectivity index (χ4n) is 1.46. The Hall–Kier alpha value is -1.84. The van der Waals surface area contributed by atoms with E-state index in [0.29, 0.717) is 23.4 Å². The van der Waals surface area contributed by atoms with Crippen LogP contribution < -0.4 is 5.32 Å². The number of carbonyl (C=O) groups is 2. The van der Waals surface area contributed by atoms with Gasteiger partial charge in [0.2, 0.25) is 5.91 Å². The van der Waals surface area contributed by atoms with E-state index < -0.39 is 0 Å². The van der Waals surface area contributed by atoms with Gasteiger partial charge in [-0.15, -0.1) is 11.3 Å². The van der Waals surface area contributed by atoms with Gasteiger partial charge >= 0.3 is 0 Å². The van der Waals surface area contributed by atoms with Crippen molar-refractivity contribution in [1.82, 2.24) is 10.2 Å². The molecule has 0 aliphatic rings. The first-order valence-corrected chi connectivity index (χ1v) is 7.11. The molecule has 0 aromatic carbocycles. The standard InChI is InChI=1S/C14H18N2O3S/c1-15-12(18)6-8-16(2)14(19)13-11(7-10-20-13)5-3-4-9-17/h7,10,17H,4,6,8-9H2,1-2H3,(H,15,18). The number of carbonyl (C=O) groups excluding carboxylic acids is 2. The van der Waals surface area contributed by atoms with Gasteiger partial charge in [-0.2, -0.15) is 0 Å². The minimum absolute atomic E-state index is 0.00640. The minimum Gasteiger partial charge on any atom is -0.395 e. The van der Waals surface area contributed by atoms with Gasteiger partial charge in [0.05, 0.1) is 6.61 Å². The molecule has 1 rings (SSSR count). The monoisotopic (exact) mass is 294 g/mol. The number of aliphatic hydroxyl groups excluding tert-OH is 1. The Bertz CT molecular complexity index is 528. The molecule has 0 aliphatic heterocycles. The van der Waals surface area contributed by atoms with Crippen LogP contribution in [-0.2, 0) is 4.79 Å². The molecule has 0 radical (unpaired) electrons. The maximum absolute atomic E-state index is 12.2. The molecule has 1 aromatic heterocycles. The van der Waals surface area contributed by atoms with Crippen molar-refractivity contribution >= 4 is 23.2 Å². The zero-order valence-corrected chi connectivity index (χ0v) is 12.4. The third-order valence-corrected chi connectivity index (χ3v) is 3.52. The highest BCUT2D eigenvalue weighted by Crippen LogP contribution is 2.17. The van der Waals surface area contributed by atoms with E-state index in [1.165, 1.54) is 16.2 Å². The molecule has 1 aromatic rings. The third kappa shape index (κ3) is 4.68. The van der Waals surface area contributed by atoms with Gasteiger partial charge in [-0.05, 0) is 11.4 Å².